The molecule has 1 aromatic rings. The molecule has 0 aliphatic carbocycles. The minimum atomic E-state index is -0.00272. The van der Waals surface area contributed by atoms with Gasteiger partial charge in [0.05, 0.1) is 22.6 Å². The van der Waals surface area contributed by atoms with Crippen LogP contribution in [-0.2, 0) is 4.74 Å². The number of amides is 1. The van der Waals surface area contributed by atoms with Crippen LogP contribution in [0.15, 0.2) is 15.2 Å². The predicted molar refractivity (Wildman–Crippen MR) is 76.2 cm³/mol. The summed E-state index contributed by atoms with van der Waals surface area (Å²) in [6, 6.07) is 2.19. The Morgan fingerprint density at radius 2 is 2.33 bits per heavy atom. The van der Waals surface area contributed by atoms with Gasteiger partial charge in [-0.3, -0.25) is 9.69 Å². The van der Waals surface area contributed by atoms with E-state index in [0.29, 0.717) is 12.6 Å². The lowest BCUT2D eigenvalue weighted by atomic mass is 10.2. The monoisotopic (exact) mass is 332 g/mol. The normalized spacial score (nSPS) is 18.6. The van der Waals surface area contributed by atoms with Gasteiger partial charge in [0.1, 0.15) is 0 Å². The van der Waals surface area contributed by atoms with Gasteiger partial charge in [0.2, 0.25) is 0 Å². The molecule has 1 aromatic heterocycles. The molecule has 18 heavy (non-hydrogen) atoms. The highest BCUT2D eigenvalue weighted by Gasteiger charge is 2.17. The summed E-state index contributed by atoms with van der Waals surface area (Å²) >= 11 is 4.88. The molecule has 0 saturated carbocycles. The summed E-state index contributed by atoms with van der Waals surface area (Å²) < 4.78 is 6.30. The van der Waals surface area contributed by atoms with Crippen molar-refractivity contribution >= 4 is 33.2 Å². The number of morpholine rings is 1. The third-order valence-electron chi connectivity index (χ3n) is 3.06. The fourth-order valence-corrected chi connectivity index (χ4v) is 3.06. The van der Waals surface area contributed by atoms with Gasteiger partial charge in [-0.05, 0) is 28.9 Å². The van der Waals surface area contributed by atoms with Crippen LogP contribution in [0.1, 0.15) is 17.3 Å². The third kappa shape index (κ3) is 3.78. The Morgan fingerprint density at radius 3 is 2.94 bits per heavy atom. The number of carbonyl (C=O) groups is 1. The summed E-state index contributed by atoms with van der Waals surface area (Å²) in [5, 5.41) is 4.83. The second-order valence-corrected chi connectivity index (χ2v) is 6.64. The summed E-state index contributed by atoms with van der Waals surface area (Å²) in [6.07, 6.45) is 0. The van der Waals surface area contributed by atoms with Gasteiger partial charge in [-0.15, -0.1) is 11.3 Å². The molecule has 0 aromatic carbocycles. The largest absolute Gasteiger partial charge is 0.379 e. The molecule has 1 aliphatic heterocycles. The zero-order valence-corrected chi connectivity index (χ0v) is 12.7. The lowest BCUT2D eigenvalue weighted by Gasteiger charge is -2.32. The highest BCUT2D eigenvalue weighted by Crippen LogP contribution is 2.20. The van der Waals surface area contributed by atoms with Gasteiger partial charge in [0, 0.05) is 31.1 Å². The van der Waals surface area contributed by atoms with Gasteiger partial charge in [0.15, 0.2) is 0 Å². The van der Waals surface area contributed by atoms with Crippen LogP contribution in [0, 0.1) is 0 Å². The highest BCUT2D eigenvalue weighted by atomic mass is 79.9. The van der Waals surface area contributed by atoms with Crippen LogP contribution in [0.4, 0.5) is 0 Å². The Bertz CT molecular complexity index is 405. The minimum absolute atomic E-state index is 0.00272. The smallest absolute Gasteiger partial charge is 0.252 e. The van der Waals surface area contributed by atoms with Crippen LogP contribution in [0.2, 0.25) is 0 Å². The van der Waals surface area contributed by atoms with Gasteiger partial charge in [-0.25, -0.2) is 0 Å². The van der Waals surface area contributed by atoms with Crippen LogP contribution in [0.3, 0.4) is 0 Å². The van der Waals surface area contributed by atoms with Crippen LogP contribution in [0.25, 0.3) is 0 Å². The van der Waals surface area contributed by atoms with Crippen molar-refractivity contribution < 1.29 is 9.53 Å². The van der Waals surface area contributed by atoms with Crippen molar-refractivity contribution in [3.8, 4) is 0 Å². The Kier molecular flexibility index (Phi) is 5.17. The van der Waals surface area contributed by atoms with Crippen molar-refractivity contribution in [3.63, 3.8) is 0 Å². The first-order chi connectivity index (χ1) is 8.66. The number of thiophene rings is 1. The van der Waals surface area contributed by atoms with Gasteiger partial charge in [-0.1, -0.05) is 0 Å². The van der Waals surface area contributed by atoms with E-state index in [4.69, 9.17) is 4.74 Å². The quantitative estimate of drug-likeness (QED) is 0.916. The first-order valence-electron chi connectivity index (χ1n) is 6.01. The predicted octanol–water partition coefficient (Wildman–Crippen LogP) is 1.96. The van der Waals surface area contributed by atoms with Crippen molar-refractivity contribution in [2.75, 3.05) is 32.8 Å². The Hall–Kier alpha value is -0.430. The fraction of sp³-hybridized carbons (Fsp3) is 0.583. The van der Waals surface area contributed by atoms with Crippen LogP contribution >= 0.6 is 27.3 Å². The van der Waals surface area contributed by atoms with E-state index < -0.39 is 0 Å². The number of halogens is 1. The number of nitrogens with one attached hydrogen (secondary N) is 1. The Morgan fingerprint density at radius 1 is 1.61 bits per heavy atom. The first kappa shape index (κ1) is 14.0. The standard InChI is InChI=1S/C12H17BrN2O2S/c1-9(15-2-4-17-5-3-15)7-14-12(16)10-6-11(13)18-8-10/h6,8-9H,2-5,7H2,1H3,(H,14,16)/t9-/m1/s1. The summed E-state index contributed by atoms with van der Waals surface area (Å²) in [5.74, 6) is -0.00272. The van der Waals surface area contributed by atoms with E-state index in [-0.39, 0.29) is 5.91 Å². The molecule has 1 amide bonds. The van der Waals surface area contributed by atoms with Crippen molar-refractivity contribution in [1.82, 2.24) is 10.2 Å². The van der Waals surface area contributed by atoms with Crippen LogP contribution < -0.4 is 5.32 Å². The molecule has 0 spiro atoms. The number of hydrogen-bond acceptors (Lipinski definition) is 4. The topological polar surface area (TPSA) is 41.6 Å². The summed E-state index contributed by atoms with van der Waals surface area (Å²) in [5.41, 5.74) is 0.723. The maximum atomic E-state index is 11.9. The molecule has 100 valence electrons. The van der Waals surface area contributed by atoms with E-state index in [9.17, 15) is 4.79 Å². The minimum Gasteiger partial charge on any atom is -0.379 e. The van der Waals surface area contributed by atoms with Crippen molar-refractivity contribution in [2.24, 2.45) is 0 Å². The average molecular weight is 333 g/mol. The SMILES string of the molecule is C[C@H](CNC(=O)c1csc(Br)c1)N1CCOCC1. The molecule has 1 aliphatic rings. The molecular weight excluding hydrogens is 316 g/mol. The number of nitrogens with zero attached hydrogens (tertiary/aromatic N) is 1. The number of carbonyl (C=O) groups excluding carboxylic acids is 1. The molecule has 2 rings (SSSR count). The maximum absolute atomic E-state index is 11.9. The second-order valence-electron chi connectivity index (χ2n) is 4.35. The molecule has 1 N–H and O–H groups in total. The number of ether oxygens (including phenoxy) is 1. The number of rotatable bonds is 4. The Balaban J connectivity index is 1.78. The van der Waals surface area contributed by atoms with Gasteiger partial charge >= 0.3 is 0 Å². The molecule has 1 fully saturated rings. The molecule has 1 atom stereocenters. The Labute approximate surface area is 119 Å². The summed E-state index contributed by atoms with van der Waals surface area (Å²) in [6.45, 7) is 6.27. The summed E-state index contributed by atoms with van der Waals surface area (Å²) in [7, 11) is 0. The van der Waals surface area contributed by atoms with Crippen molar-refractivity contribution in [3.05, 3.63) is 20.8 Å². The van der Waals surface area contributed by atoms with E-state index in [2.05, 4.69) is 33.1 Å². The van der Waals surface area contributed by atoms with E-state index in [1.54, 1.807) is 0 Å². The van der Waals surface area contributed by atoms with E-state index in [1.165, 1.54) is 11.3 Å². The molecular formula is C12H17BrN2O2S. The molecule has 2 heterocycles. The van der Waals surface area contributed by atoms with Gasteiger partial charge in [-0.2, -0.15) is 0 Å². The van der Waals surface area contributed by atoms with E-state index in [0.717, 1.165) is 35.7 Å². The molecule has 1 saturated heterocycles. The summed E-state index contributed by atoms with van der Waals surface area (Å²) in [4.78, 5) is 14.2. The maximum Gasteiger partial charge on any atom is 0.252 e. The molecule has 6 heteroatoms. The molecule has 4 nitrogen and oxygen atoms in total. The van der Waals surface area contributed by atoms with Crippen LogP contribution in [0.5, 0.6) is 0 Å². The van der Waals surface area contributed by atoms with E-state index >= 15 is 0 Å². The lowest BCUT2D eigenvalue weighted by Crippen LogP contribution is -2.47. The van der Waals surface area contributed by atoms with Crippen molar-refractivity contribution in [1.29, 1.82) is 0 Å². The molecule has 0 radical (unpaired) electrons. The molecule has 0 bridgehead atoms. The second kappa shape index (κ2) is 6.65. The molecule has 0 unspecified atom stereocenters. The third-order valence-corrected chi connectivity index (χ3v) is 4.56. The van der Waals surface area contributed by atoms with Gasteiger partial charge < -0.3 is 10.1 Å². The van der Waals surface area contributed by atoms with E-state index in [1.807, 2.05) is 11.4 Å². The van der Waals surface area contributed by atoms with Gasteiger partial charge in [0.25, 0.3) is 5.91 Å². The van der Waals surface area contributed by atoms with Crippen molar-refractivity contribution in [2.45, 2.75) is 13.0 Å². The highest BCUT2D eigenvalue weighted by molar-refractivity contribution is 9.11. The zero-order valence-electron chi connectivity index (χ0n) is 10.3. The zero-order chi connectivity index (χ0) is 13.0. The fourth-order valence-electron chi connectivity index (χ4n) is 1.92. The lowest BCUT2D eigenvalue weighted by molar-refractivity contribution is 0.0204. The van der Waals surface area contributed by atoms with Crippen LogP contribution in [-0.4, -0.2) is 49.7 Å². The first-order valence-corrected chi connectivity index (χ1v) is 7.68. The average Bonchev–Trinajstić information content (AvgIpc) is 2.83. The number of hydrogen-bond donors (Lipinski definition) is 1.